The van der Waals surface area contributed by atoms with E-state index in [4.69, 9.17) is 22.7 Å². The van der Waals surface area contributed by atoms with Gasteiger partial charge in [-0.05, 0) is 49.6 Å². The van der Waals surface area contributed by atoms with Crippen LogP contribution in [0.3, 0.4) is 0 Å². The second kappa shape index (κ2) is 5.41. The highest BCUT2D eigenvalue weighted by Gasteiger charge is 2.21. The first kappa shape index (κ1) is 14.0. The Kier molecular flexibility index (Phi) is 3.60. The summed E-state index contributed by atoms with van der Waals surface area (Å²) in [4.78, 5) is 2.24. The van der Waals surface area contributed by atoms with Crippen molar-refractivity contribution in [3.63, 3.8) is 0 Å². The van der Waals surface area contributed by atoms with E-state index < -0.39 is 0 Å². The minimum absolute atomic E-state index is 0.0479. The molecule has 21 heavy (non-hydrogen) atoms. The van der Waals surface area contributed by atoms with E-state index in [1.54, 1.807) is 6.07 Å². The summed E-state index contributed by atoms with van der Waals surface area (Å²) in [6.45, 7) is 3.04. The van der Waals surface area contributed by atoms with Crippen molar-refractivity contribution in [2.24, 2.45) is 5.73 Å². The smallest absolute Gasteiger partial charge is 0.124 e. The molecule has 0 aromatic heterocycles. The van der Waals surface area contributed by atoms with Crippen molar-refractivity contribution in [1.82, 2.24) is 0 Å². The van der Waals surface area contributed by atoms with Crippen LogP contribution < -0.4 is 10.6 Å². The van der Waals surface area contributed by atoms with Crippen molar-refractivity contribution in [3.8, 4) is 0 Å². The third kappa shape index (κ3) is 2.61. The fourth-order valence-corrected chi connectivity index (χ4v) is 3.11. The quantitative estimate of drug-likeness (QED) is 0.650. The summed E-state index contributed by atoms with van der Waals surface area (Å²) in [6, 6.07) is 12.1. The van der Waals surface area contributed by atoms with E-state index in [9.17, 15) is 0 Å². The molecule has 0 fully saturated rings. The summed E-state index contributed by atoms with van der Waals surface area (Å²) < 4.78 is 0. The molecule has 108 valence electrons. The van der Waals surface area contributed by atoms with Crippen molar-refractivity contribution in [2.45, 2.75) is 19.8 Å². The van der Waals surface area contributed by atoms with E-state index in [0.29, 0.717) is 10.6 Å². The van der Waals surface area contributed by atoms with Crippen LogP contribution in [0.5, 0.6) is 0 Å². The Morgan fingerprint density at radius 2 is 1.95 bits per heavy atom. The predicted octanol–water partition coefficient (Wildman–Crippen LogP) is 4.02. The number of fused-ring (bicyclic) bond motifs is 1. The average Bonchev–Trinajstić information content (AvgIpc) is 2.46. The van der Waals surface area contributed by atoms with E-state index in [-0.39, 0.29) is 5.84 Å². The van der Waals surface area contributed by atoms with E-state index >= 15 is 0 Å². The number of rotatable bonds is 2. The highest BCUT2D eigenvalue weighted by Crippen LogP contribution is 2.36. The highest BCUT2D eigenvalue weighted by atomic mass is 35.5. The Morgan fingerprint density at radius 3 is 2.71 bits per heavy atom. The maximum atomic E-state index is 7.80. The largest absolute Gasteiger partial charge is 0.384 e. The number of benzene rings is 2. The molecule has 1 heterocycles. The molecule has 0 aliphatic carbocycles. The molecule has 1 aliphatic heterocycles. The molecule has 0 saturated carbocycles. The first-order chi connectivity index (χ1) is 10.1. The van der Waals surface area contributed by atoms with Crippen molar-refractivity contribution in [3.05, 3.63) is 58.1 Å². The van der Waals surface area contributed by atoms with Gasteiger partial charge in [0.15, 0.2) is 0 Å². The summed E-state index contributed by atoms with van der Waals surface area (Å²) >= 11 is 6.05. The van der Waals surface area contributed by atoms with Crippen LogP contribution in [0.25, 0.3) is 0 Å². The summed E-state index contributed by atoms with van der Waals surface area (Å²) in [5.74, 6) is 0.0479. The van der Waals surface area contributed by atoms with Gasteiger partial charge in [0.05, 0.1) is 5.69 Å². The van der Waals surface area contributed by atoms with E-state index in [2.05, 4.69) is 30.0 Å². The number of aryl methyl sites for hydroxylation is 2. The number of amidine groups is 1. The Hall–Kier alpha value is -2.00. The Balaban J connectivity index is 2.13. The zero-order valence-electron chi connectivity index (χ0n) is 12.0. The van der Waals surface area contributed by atoms with Gasteiger partial charge in [-0.25, -0.2) is 0 Å². The number of nitrogens with zero attached hydrogens (tertiary/aromatic N) is 1. The molecular weight excluding hydrogens is 282 g/mol. The zero-order chi connectivity index (χ0) is 15.0. The topological polar surface area (TPSA) is 53.1 Å². The van der Waals surface area contributed by atoms with Crippen molar-refractivity contribution in [1.29, 1.82) is 5.41 Å². The second-order valence-electron chi connectivity index (χ2n) is 5.46. The second-order valence-corrected chi connectivity index (χ2v) is 5.90. The van der Waals surface area contributed by atoms with Crippen LogP contribution >= 0.6 is 11.6 Å². The Labute approximate surface area is 129 Å². The molecule has 1 aliphatic rings. The minimum Gasteiger partial charge on any atom is -0.384 e. The minimum atomic E-state index is 0.0479. The molecule has 2 aromatic carbocycles. The monoisotopic (exact) mass is 299 g/mol. The van der Waals surface area contributed by atoms with Gasteiger partial charge in [-0.3, -0.25) is 5.41 Å². The summed E-state index contributed by atoms with van der Waals surface area (Å²) in [6.07, 6.45) is 2.19. The first-order valence-corrected chi connectivity index (χ1v) is 7.45. The molecule has 0 amide bonds. The molecule has 0 unspecified atom stereocenters. The lowest BCUT2D eigenvalue weighted by molar-refractivity contribution is 0.765. The normalized spacial score (nSPS) is 13.9. The van der Waals surface area contributed by atoms with E-state index in [0.717, 1.165) is 25.1 Å². The molecule has 0 spiro atoms. The Bertz CT molecular complexity index is 709. The zero-order valence-corrected chi connectivity index (χ0v) is 12.7. The van der Waals surface area contributed by atoms with E-state index in [1.165, 1.54) is 16.8 Å². The number of nitrogens with one attached hydrogen (secondary N) is 1. The standard InChI is InChI=1S/C17H18ClN3/c1-11-4-6-15-12(9-11)3-2-8-21(15)16-7-5-13(18)10-14(16)17(19)20/h4-7,9-10H,2-3,8H2,1H3,(H3,19,20). The van der Waals surface area contributed by atoms with Gasteiger partial charge in [0.2, 0.25) is 0 Å². The lowest BCUT2D eigenvalue weighted by Gasteiger charge is -2.33. The molecular formula is C17H18ClN3. The maximum Gasteiger partial charge on any atom is 0.124 e. The van der Waals surface area contributed by atoms with Gasteiger partial charge in [0.25, 0.3) is 0 Å². The number of hydrogen-bond acceptors (Lipinski definition) is 2. The molecule has 4 heteroatoms. The average molecular weight is 300 g/mol. The molecule has 0 saturated heterocycles. The summed E-state index contributed by atoms with van der Waals surface area (Å²) in [7, 11) is 0. The van der Waals surface area contributed by atoms with Gasteiger partial charge in [-0.1, -0.05) is 29.3 Å². The van der Waals surface area contributed by atoms with Crippen LogP contribution in [-0.4, -0.2) is 12.4 Å². The van der Waals surface area contributed by atoms with Crippen LogP contribution in [0, 0.1) is 12.3 Å². The van der Waals surface area contributed by atoms with Gasteiger partial charge in [-0.15, -0.1) is 0 Å². The van der Waals surface area contributed by atoms with Crippen molar-refractivity contribution in [2.75, 3.05) is 11.4 Å². The molecule has 3 rings (SSSR count). The number of halogens is 1. The van der Waals surface area contributed by atoms with Crippen LogP contribution in [0.2, 0.25) is 5.02 Å². The lowest BCUT2D eigenvalue weighted by Crippen LogP contribution is -2.27. The van der Waals surface area contributed by atoms with Crippen LogP contribution in [0.4, 0.5) is 11.4 Å². The summed E-state index contributed by atoms with van der Waals surface area (Å²) in [5, 5.41) is 8.40. The van der Waals surface area contributed by atoms with Crippen LogP contribution in [0.15, 0.2) is 36.4 Å². The molecule has 0 bridgehead atoms. The lowest BCUT2D eigenvalue weighted by atomic mass is 9.98. The van der Waals surface area contributed by atoms with Gasteiger partial charge in [0.1, 0.15) is 5.84 Å². The van der Waals surface area contributed by atoms with Gasteiger partial charge in [-0.2, -0.15) is 0 Å². The van der Waals surface area contributed by atoms with Crippen LogP contribution in [-0.2, 0) is 6.42 Å². The maximum absolute atomic E-state index is 7.80. The van der Waals surface area contributed by atoms with Crippen molar-refractivity contribution < 1.29 is 0 Å². The van der Waals surface area contributed by atoms with Gasteiger partial charge < -0.3 is 10.6 Å². The van der Waals surface area contributed by atoms with Gasteiger partial charge in [0, 0.05) is 22.8 Å². The van der Waals surface area contributed by atoms with Crippen LogP contribution in [0.1, 0.15) is 23.1 Å². The molecule has 2 aromatic rings. The van der Waals surface area contributed by atoms with E-state index in [1.807, 2.05) is 12.1 Å². The molecule has 3 N–H and O–H groups in total. The van der Waals surface area contributed by atoms with Gasteiger partial charge >= 0.3 is 0 Å². The van der Waals surface area contributed by atoms with Crippen molar-refractivity contribution >= 4 is 28.8 Å². The fraction of sp³-hybridized carbons (Fsp3) is 0.235. The number of hydrogen-bond donors (Lipinski definition) is 2. The molecule has 0 atom stereocenters. The number of nitrogen functional groups attached to an aromatic ring is 1. The SMILES string of the molecule is Cc1ccc2c(c1)CCCN2c1ccc(Cl)cc1C(=N)N. The first-order valence-electron chi connectivity index (χ1n) is 7.07. The third-order valence-electron chi connectivity index (χ3n) is 3.89. The number of nitrogens with two attached hydrogens (primary N) is 1. The summed E-state index contributed by atoms with van der Waals surface area (Å²) in [5.41, 5.74) is 11.2. The third-order valence-corrected chi connectivity index (χ3v) is 4.13. The molecule has 3 nitrogen and oxygen atoms in total. The fourth-order valence-electron chi connectivity index (χ4n) is 2.94. The Morgan fingerprint density at radius 1 is 1.19 bits per heavy atom. The predicted molar refractivity (Wildman–Crippen MR) is 89.0 cm³/mol. The molecule has 0 radical (unpaired) electrons. The number of anilines is 2. The highest BCUT2D eigenvalue weighted by molar-refractivity contribution is 6.31.